The maximum absolute atomic E-state index is 9.22. The lowest BCUT2D eigenvalue weighted by molar-refractivity contribution is 0.456. The molecular weight excluding hydrogens is 605 g/mol. The molecule has 4 aromatic rings. The standard InChI is InChI=1S/C13H12BrClN4O.C7H3BrClNOS/c1-7-6-17-2-3-19(7)13-18-11-8(5-16)10(15)4-9(14)12(11)20-13;8-4-1-3(9)2-5-6(4)11-7(12)10-5/h4,7,17H,2-3,6H2,1H3;1-2H,(H,10,12). The molecule has 0 amide bonds. The smallest absolute Gasteiger partial charge is 0.298 e. The molecular formula is C20H15Br2Cl2N5O2S. The van der Waals surface area contributed by atoms with E-state index in [9.17, 15) is 5.26 Å². The first-order valence-electron chi connectivity index (χ1n) is 9.42. The van der Waals surface area contributed by atoms with Crippen LogP contribution in [0.25, 0.3) is 22.2 Å². The number of piperazine rings is 1. The Morgan fingerprint density at radius 2 is 1.97 bits per heavy atom. The number of hydrogen-bond donors (Lipinski definition) is 2. The topological polar surface area (TPSA) is 94.0 Å². The van der Waals surface area contributed by atoms with Crippen LogP contribution in [0.5, 0.6) is 0 Å². The van der Waals surface area contributed by atoms with Crippen molar-refractivity contribution in [3.63, 3.8) is 0 Å². The molecule has 1 atom stereocenters. The fourth-order valence-corrected chi connectivity index (χ4v) is 5.30. The van der Waals surface area contributed by atoms with Crippen molar-refractivity contribution in [3.8, 4) is 6.07 Å². The third-order valence-electron chi connectivity index (χ3n) is 4.86. The maximum atomic E-state index is 9.22. The van der Waals surface area contributed by atoms with E-state index in [4.69, 9.17) is 44.3 Å². The Hall–Kier alpha value is -1.61. The number of oxazole rings is 2. The predicted molar refractivity (Wildman–Crippen MR) is 135 cm³/mol. The fourth-order valence-electron chi connectivity index (χ4n) is 3.34. The molecule has 166 valence electrons. The predicted octanol–water partition coefficient (Wildman–Crippen LogP) is 6.82. The van der Waals surface area contributed by atoms with Gasteiger partial charge in [-0.05, 0) is 69.2 Å². The van der Waals surface area contributed by atoms with Gasteiger partial charge in [-0.3, -0.25) is 0 Å². The van der Waals surface area contributed by atoms with Gasteiger partial charge in [0.05, 0.1) is 19.5 Å². The van der Waals surface area contributed by atoms with E-state index in [-0.39, 0.29) is 6.04 Å². The van der Waals surface area contributed by atoms with Crippen molar-refractivity contribution in [1.29, 1.82) is 5.26 Å². The summed E-state index contributed by atoms with van der Waals surface area (Å²) >= 11 is 23.4. The monoisotopic (exact) mass is 617 g/mol. The van der Waals surface area contributed by atoms with E-state index in [0.29, 0.717) is 47.6 Å². The van der Waals surface area contributed by atoms with Gasteiger partial charge in [0.15, 0.2) is 11.2 Å². The van der Waals surface area contributed by atoms with Crippen molar-refractivity contribution >= 4 is 95.5 Å². The van der Waals surface area contributed by atoms with Gasteiger partial charge in [0.2, 0.25) is 0 Å². The minimum atomic E-state index is 0.289. The molecule has 1 aliphatic heterocycles. The van der Waals surface area contributed by atoms with Gasteiger partial charge in [-0.15, -0.1) is 0 Å². The van der Waals surface area contributed by atoms with Gasteiger partial charge < -0.3 is 24.0 Å². The Morgan fingerprint density at radius 1 is 1.22 bits per heavy atom. The summed E-state index contributed by atoms with van der Waals surface area (Å²) in [4.78, 5) is 9.80. The molecule has 0 aliphatic carbocycles. The zero-order valence-electron chi connectivity index (χ0n) is 16.5. The summed E-state index contributed by atoms with van der Waals surface area (Å²) in [5.74, 6) is 0. The number of H-pyrrole nitrogens is 1. The maximum Gasteiger partial charge on any atom is 0.298 e. The van der Waals surface area contributed by atoms with Crippen LogP contribution in [0.1, 0.15) is 12.5 Å². The van der Waals surface area contributed by atoms with Crippen molar-refractivity contribution in [2.45, 2.75) is 13.0 Å². The van der Waals surface area contributed by atoms with E-state index >= 15 is 0 Å². The van der Waals surface area contributed by atoms with Crippen LogP contribution in [0.15, 0.2) is 36.0 Å². The zero-order valence-corrected chi connectivity index (χ0v) is 22.0. The number of rotatable bonds is 1. The molecule has 12 heteroatoms. The Morgan fingerprint density at radius 3 is 2.69 bits per heavy atom. The highest BCUT2D eigenvalue weighted by Gasteiger charge is 2.25. The van der Waals surface area contributed by atoms with E-state index in [1.54, 1.807) is 18.2 Å². The summed E-state index contributed by atoms with van der Waals surface area (Å²) in [6.07, 6.45) is 0. The van der Waals surface area contributed by atoms with Crippen LogP contribution in [0, 0.1) is 16.2 Å². The molecule has 0 bridgehead atoms. The van der Waals surface area contributed by atoms with E-state index < -0.39 is 0 Å². The molecule has 5 rings (SSSR count). The first kappa shape index (κ1) is 23.5. The highest BCUT2D eigenvalue weighted by atomic mass is 79.9. The van der Waals surface area contributed by atoms with Crippen LogP contribution in [0.3, 0.4) is 0 Å². The second kappa shape index (κ2) is 9.71. The fraction of sp³-hybridized carbons (Fsp3) is 0.250. The van der Waals surface area contributed by atoms with Gasteiger partial charge in [-0.1, -0.05) is 23.2 Å². The third-order valence-corrected chi connectivity index (χ3v) is 6.74. The number of hydrogen-bond acceptors (Lipinski definition) is 7. The molecule has 7 nitrogen and oxygen atoms in total. The number of aromatic nitrogens is 2. The zero-order chi connectivity index (χ0) is 23.0. The molecule has 0 saturated carbocycles. The minimum Gasteiger partial charge on any atom is -0.428 e. The van der Waals surface area contributed by atoms with Crippen molar-refractivity contribution < 1.29 is 8.83 Å². The molecule has 3 heterocycles. The molecule has 1 aliphatic rings. The number of anilines is 1. The summed E-state index contributed by atoms with van der Waals surface area (Å²) in [5.41, 5.74) is 2.92. The van der Waals surface area contributed by atoms with E-state index in [1.807, 2.05) is 0 Å². The number of nitrogens with zero attached hydrogens (tertiary/aromatic N) is 3. The first-order chi connectivity index (χ1) is 15.3. The van der Waals surface area contributed by atoms with Gasteiger partial charge in [0.25, 0.3) is 10.9 Å². The number of nitriles is 1. The first-order valence-corrected chi connectivity index (χ1v) is 12.2. The normalized spacial score (nSPS) is 16.1. The second-order valence-corrected chi connectivity index (χ2v) is 9.95. The van der Waals surface area contributed by atoms with E-state index in [0.717, 1.165) is 29.6 Å². The lowest BCUT2D eigenvalue weighted by Gasteiger charge is -2.32. The Labute approximate surface area is 214 Å². The molecule has 2 aromatic heterocycles. The molecule has 1 unspecified atom stereocenters. The highest BCUT2D eigenvalue weighted by molar-refractivity contribution is 9.11. The molecule has 32 heavy (non-hydrogen) atoms. The van der Waals surface area contributed by atoms with E-state index in [1.165, 1.54) is 0 Å². The van der Waals surface area contributed by atoms with E-state index in [2.05, 4.69) is 65.0 Å². The summed E-state index contributed by atoms with van der Waals surface area (Å²) in [6, 6.07) is 8.10. The Balaban J connectivity index is 0.000000174. The van der Waals surface area contributed by atoms with Gasteiger partial charge in [-0.2, -0.15) is 10.2 Å². The summed E-state index contributed by atoms with van der Waals surface area (Å²) in [6.45, 7) is 4.69. The quantitative estimate of drug-likeness (QED) is 0.226. The number of fused-ring (bicyclic) bond motifs is 2. The van der Waals surface area contributed by atoms with Crippen LogP contribution >= 0.6 is 67.3 Å². The van der Waals surface area contributed by atoms with Crippen LogP contribution in [-0.2, 0) is 0 Å². The summed E-state index contributed by atoms with van der Waals surface area (Å²) in [7, 11) is 0. The molecule has 2 aromatic carbocycles. The average Bonchev–Trinajstić information content (AvgIpc) is 3.33. The largest absolute Gasteiger partial charge is 0.428 e. The number of benzene rings is 2. The van der Waals surface area contributed by atoms with Gasteiger partial charge in [-0.25, -0.2) is 0 Å². The second-order valence-electron chi connectivity index (χ2n) is 7.03. The minimum absolute atomic E-state index is 0.289. The van der Waals surface area contributed by atoms with Gasteiger partial charge >= 0.3 is 0 Å². The van der Waals surface area contributed by atoms with Gasteiger partial charge in [0, 0.05) is 30.7 Å². The molecule has 0 radical (unpaired) electrons. The number of aromatic amines is 1. The SMILES string of the molecule is CC1CNCCN1c1nc2c(C#N)c(Cl)cc(Br)c2o1.S=c1[nH]c2cc(Cl)cc(Br)c2o1. The van der Waals surface area contributed by atoms with Crippen molar-refractivity contribution in [2.75, 3.05) is 24.5 Å². The number of nitrogens with one attached hydrogen (secondary N) is 2. The molecule has 1 fully saturated rings. The Bertz CT molecular complexity index is 1410. The summed E-state index contributed by atoms with van der Waals surface area (Å²) in [5, 5.41) is 13.6. The summed E-state index contributed by atoms with van der Waals surface area (Å²) < 4.78 is 12.6. The van der Waals surface area contributed by atoms with Crippen molar-refractivity contribution in [3.05, 3.63) is 47.6 Å². The molecule has 1 saturated heterocycles. The lowest BCUT2D eigenvalue weighted by atomic mass is 10.2. The van der Waals surface area contributed by atoms with Crippen LogP contribution < -0.4 is 10.2 Å². The Kier molecular flexibility index (Phi) is 7.14. The van der Waals surface area contributed by atoms with Crippen LogP contribution in [-0.4, -0.2) is 35.6 Å². The average molecular weight is 620 g/mol. The van der Waals surface area contributed by atoms with Crippen LogP contribution in [0.2, 0.25) is 10.0 Å². The van der Waals surface area contributed by atoms with Gasteiger partial charge in [0.1, 0.15) is 17.1 Å². The lowest BCUT2D eigenvalue weighted by Crippen LogP contribution is -2.50. The highest BCUT2D eigenvalue weighted by Crippen LogP contribution is 2.35. The van der Waals surface area contributed by atoms with Crippen molar-refractivity contribution in [2.24, 2.45) is 0 Å². The van der Waals surface area contributed by atoms with Crippen molar-refractivity contribution in [1.82, 2.24) is 15.3 Å². The molecule has 2 N–H and O–H groups in total. The molecule has 0 spiro atoms. The number of halogens is 4. The third kappa shape index (κ3) is 4.69. The van der Waals surface area contributed by atoms with Crippen LogP contribution in [0.4, 0.5) is 6.01 Å².